The van der Waals surface area contributed by atoms with Crippen molar-refractivity contribution in [2.45, 2.75) is 13.1 Å². The fraction of sp³-hybridized carbons (Fsp3) is 0.214. The molecular weight excluding hydrogens is 230 g/mol. The second kappa shape index (κ2) is 4.43. The number of thiophene rings is 1. The molecule has 17 heavy (non-hydrogen) atoms. The number of fused-ring (bicyclic) bond motifs is 1. The van der Waals surface area contributed by atoms with Gasteiger partial charge in [-0.1, -0.05) is 30.3 Å². The fourth-order valence-electron chi connectivity index (χ4n) is 2.23. The van der Waals surface area contributed by atoms with E-state index in [1.807, 2.05) is 17.5 Å². The third kappa shape index (κ3) is 2.16. The van der Waals surface area contributed by atoms with Crippen LogP contribution < -0.4 is 0 Å². The van der Waals surface area contributed by atoms with Crippen LogP contribution in [0.3, 0.4) is 0 Å². The molecule has 2 aromatic rings. The molecule has 2 nitrogen and oxygen atoms in total. The lowest BCUT2D eigenvalue weighted by molar-refractivity contribution is 0.0933. The van der Waals surface area contributed by atoms with E-state index in [1.165, 1.54) is 22.5 Å². The maximum atomic E-state index is 12.0. The van der Waals surface area contributed by atoms with Crippen LogP contribution >= 0.6 is 11.3 Å². The van der Waals surface area contributed by atoms with Crippen LogP contribution in [0.4, 0.5) is 0 Å². The van der Waals surface area contributed by atoms with E-state index in [4.69, 9.17) is 0 Å². The van der Waals surface area contributed by atoms with Gasteiger partial charge in [-0.2, -0.15) is 0 Å². The highest BCUT2D eigenvalue weighted by Gasteiger charge is 2.20. The Kier molecular flexibility index (Phi) is 2.79. The summed E-state index contributed by atoms with van der Waals surface area (Å²) in [5, 5.41) is 1.95. The third-order valence-corrected chi connectivity index (χ3v) is 3.98. The van der Waals surface area contributed by atoms with Gasteiger partial charge in [0.1, 0.15) is 0 Å². The van der Waals surface area contributed by atoms with E-state index in [1.54, 1.807) is 0 Å². The van der Waals surface area contributed by atoms with Crippen LogP contribution in [0.1, 0.15) is 20.8 Å². The molecule has 3 rings (SSSR count). The van der Waals surface area contributed by atoms with E-state index in [2.05, 4.69) is 29.2 Å². The zero-order chi connectivity index (χ0) is 11.7. The van der Waals surface area contributed by atoms with E-state index < -0.39 is 0 Å². The van der Waals surface area contributed by atoms with Crippen molar-refractivity contribution < 1.29 is 4.79 Å². The molecule has 1 aliphatic heterocycles. The molecule has 2 heterocycles. The smallest absolute Gasteiger partial charge is 0.186 e. The molecule has 0 atom stereocenters. The molecule has 0 N–H and O–H groups in total. The number of hydrogen-bond donors (Lipinski definition) is 0. The van der Waals surface area contributed by atoms with Gasteiger partial charge in [0.25, 0.3) is 0 Å². The van der Waals surface area contributed by atoms with Crippen molar-refractivity contribution in [3.8, 4) is 0 Å². The zero-order valence-corrected chi connectivity index (χ0v) is 10.2. The molecule has 3 heteroatoms. The summed E-state index contributed by atoms with van der Waals surface area (Å²) in [7, 11) is 0. The average Bonchev–Trinajstić information content (AvgIpc) is 2.97. The SMILES string of the molecule is O=C(CN1Cc2ccccc2C1)c1cccs1. The van der Waals surface area contributed by atoms with Gasteiger partial charge in [0, 0.05) is 13.1 Å². The summed E-state index contributed by atoms with van der Waals surface area (Å²) in [6.45, 7) is 2.32. The van der Waals surface area contributed by atoms with E-state index in [0.717, 1.165) is 18.0 Å². The van der Waals surface area contributed by atoms with Crippen molar-refractivity contribution in [1.29, 1.82) is 0 Å². The first kappa shape index (κ1) is 10.7. The lowest BCUT2D eigenvalue weighted by Crippen LogP contribution is -2.24. The topological polar surface area (TPSA) is 20.3 Å². The predicted molar refractivity (Wildman–Crippen MR) is 69.2 cm³/mol. The molecule has 1 aliphatic rings. The molecule has 0 unspecified atom stereocenters. The summed E-state index contributed by atoms with van der Waals surface area (Å²) in [4.78, 5) is 15.0. The van der Waals surface area contributed by atoms with Crippen molar-refractivity contribution in [1.82, 2.24) is 4.90 Å². The summed E-state index contributed by atoms with van der Waals surface area (Å²) in [5.41, 5.74) is 2.71. The fourth-order valence-corrected chi connectivity index (χ4v) is 2.89. The van der Waals surface area contributed by atoms with Crippen LogP contribution in [0.15, 0.2) is 41.8 Å². The van der Waals surface area contributed by atoms with E-state index in [-0.39, 0.29) is 5.78 Å². The Hall–Kier alpha value is -1.45. The van der Waals surface area contributed by atoms with Crippen molar-refractivity contribution >= 4 is 17.1 Å². The Morgan fingerprint density at radius 3 is 2.41 bits per heavy atom. The normalized spacial score (nSPS) is 14.8. The van der Waals surface area contributed by atoms with E-state index in [0.29, 0.717) is 6.54 Å². The van der Waals surface area contributed by atoms with Gasteiger partial charge in [-0.3, -0.25) is 9.69 Å². The molecular formula is C14H13NOS. The highest BCUT2D eigenvalue weighted by atomic mass is 32.1. The Bertz CT molecular complexity index is 508. The third-order valence-electron chi connectivity index (χ3n) is 3.07. The van der Waals surface area contributed by atoms with Gasteiger partial charge >= 0.3 is 0 Å². The highest BCUT2D eigenvalue weighted by Crippen LogP contribution is 2.22. The van der Waals surface area contributed by atoms with Gasteiger partial charge in [0.05, 0.1) is 11.4 Å². The Morgan fingerprint density at radius 1 is 1.12 bits per heavy atom. The van der Waals surface area contributed by atoms with Gasteiger partial charge < -0.3 is 0 Å². The lowest BCUT2D eigenvalue weighted by atomic mass is 10.1. The first-order valence-corrected chi connectivity index (χ1v) is 6.57. The van der Waals surface area contributed by atoms with Crippen LogP contribution in [0.25, 0.3) is 0 Å². The summed E-state index contributed by atoms with van der Waals surface area (Å²) < 4.78 is 0. The standard InChI is InChI=1S/C14H13NOS/c16-13(14-6-3-7-17-14)10-15-8-11-4-1-2-5-12(11)9-15/h1-7H,8-10H2. The molecule has 0 radical (unpaired) electrons. The Morgan fingerprint density at radius 2 is 1.82 bits per heavy atom. The molecule has 86 valence electrons. The van der Waals surface area contributed by atoms with Gasteiger partial charge in [0.15, 0.2) is 5.78 Å². The van der Waals surface area contributed by atoms with E-state index in [9.17, 15) is 4.79 Å². The van der Waals surface area contributed by atoms with Crippen molar-refractivity contribution in [2.75, 3.05) is 6.54 Å². The second-order valence-electron chi connectivity index (χ2n) is 4.31. The van der Waals surface area contributed by atoms with Crippen LogP contribution in [-0.4, -0.2) is 17.2 Å². The minimum absolute atomic E-state index is 0.229. The number of carbonyl (C=O) groups is 1. The number of rotatable bonds is 3. The highest BCUT2D eigenvalue weighted by molar-refractivity contribution is 7.12. The van der Waals surface area contributed by atoms with Gasteiger partial charge in [-0.05, 0) is 22.6 Å². The largest absolute Gasteiger partial charge is 0.292 e. The number of hydrogen-bond acceptors (Lipinski definition) is 3. The predicted octanol–water partition coefficient (Wildman–Crippen LogP) is 2.95. The molecule has 0 fully saturated rings. The average molecular weight is 243 g/mol. The Labute approximate surface area is 105 Å². The zero-order valence-electron chi connectivity index (χ0n) is 9.43. The maximum Gasteiger partial charge on any atom is 0.186 e. The molecule has 1 aromatic heterocycles. The van der Waals surface area contributed by atoms with Gasteiger partial charge in [0.2, 0.25) is 0 Å². The molecule has 0 spiro atoms. The minimum atomic E-state index is 0.229. The molecule has 0 bridgehead atoms. The monoisotopic (exact) mass is 243 g/mol. The molecule has 0 aliphatic carbocycles. The maximum absolute atomic E-state index is 12.0. The van der Waals surface area contributed by atoms with Gasteiger partial charge in [-0.15, -0.1) is 11.3 Å². The van der Waals surface area contributed by atoms with Crippen molar-refractivity contribution in [3.63, 3.8) is 0 Å². The Balaban J connectivity index is 1.68. The van der Waals surface area contributed by atoms with Crippen molar-refractivity contribution in [2.24, 2.45) is 0 Å². The number of Topliss-reactive ketones (excluding diaryl/α,β-unsaturated/α-hetero) is 1. The van der Waals surface area contributed by atoms with E-state index >= 15 is 0 Å². The van der Waals surface area contributed by atoms with Crippen molar-refractivity contribution in [3.05, 3.63) is 57.8 Å². The number of carbonyl (C=O) groups excluding carboxylic acids is 1. The first-order valence-electron chi connectivity index (χ1n) is 5.69. The summed E-state index contributed by atoms with van der Waals surface area (Å²) in [5.74, 6) is 0.229. The summed E-state index contributed by atoms with van der Waals surface area (Å²) in [6, 6.07) is 12.2. The van der Waals surface area contributed by atoms with Crippen LogP contribution in [-0.2, 0) is 13.1 Å². The first-order chi connectivity index (χ1) is 8.33. The molecule has 0 saturated carbocycles. The second-order valence-corrected chi connectivity index (χ2v) is 5.26. The quantitative estimate of drug-likeness (QED) is 0.772. The molecule has 1 aromatic carbocycles. The van der Waals surface area contributed by atoms with Crippen LogP contribution in [0.2, 0.25) is 0 Å². The van der Waals surface area contributed by atoms with Crippen LogP contribution in [0.5, 0.6) is 0 Å². The summed E-state index contributed by atoms with van der Waals surface area (Å²) >= 11 is 1.52. The molecule has 0 saturated heterocycles. The van der Waals surface area contributed by atoms with Crippen LogP contribution in [0, 0.1) is 0 Å². The molecule has 0 amide bonds. The minimum Gasteiger partial charge on any atom is -0.292 e. The summed E-state index contributed by atoms with van der Waals surface area (Å²) in [6.07, 6.45) is 0. The van der Waals surface area contributed by atoms with Gasteiger partial charge in [-0.25, -0.2) is 0 Å². The number of ketones is 1. The number of benzene rings is 1. The lowest BCUT2D eigenvalue weighted by Gasteiger charge is -2.12. The number of nitrogens with zero attached hydrogens (tertiary/aromatic N) is 1.